The molecule has 0 bridgehead atoms. The van der Waals surface area contributed by atoms with Crippen LogP contribution in [0.2, 0.25) is 10.0 Å². The quantitative estimate of drug-likeness (QED) is 0.794. The zero-order chi connectivity index (χ0) is 15.2. The van der Waals surface area contributed by atoms with Gasteiger partial charge in [0, 0.05) is 35.5 Å². The molecule has 1 aromatic heterocycles. The van der Waals surface area contributed by atoms with Crippen LogP contribution in [0.4, 0.5) is 0 Å². The van der Waals surface area contributed by atoms with Gasteiger partial charge in [0.2, 0.25) is 0 Å². The third kappa shape index (κ3) is 5.00. The van der Waals surface area contributed by atoms with E-state index in [0.717, 1.165) is 31.0 Å². The van der Waals surface area contributed by atoms with Crippen LogP contribution in [-0.4, -0.2) is 41.6 Å². The van der Waals surface area contributed by atoms with E-state index < -0.39 is 0 Å². The molecule has 114 valence electrons. The number of likely N-dealkylation sites (N-methyl/N-ethyl adjacent to an activating group) is 1. The van der Waals surface area contributed by atoms with Crippen molar-refractivity contribution in [1.29, 1.82) is 0 Å². The van der Waals surface area contributed by atoms with Crippen molar-refractivity contribution in [3.63, 3.8) is 0 Å². The SMILES string of the molecule is CN(C)CCNCc1nccn1Cc1ccc(Cl)cc1Cl. The van der Waals surface area contributed by atoms with Gasteiger partial charge < -0.3 is 14.8 Å². The lowest BCUT2D eigenvalue weighted by Crippen LogP contribution is -2.27. The Hall–Kier alpha value is -1.07. The molecule has 0 fully saturated rings. The van der Waals surface area contributed by atoms with Crippen molar-refractivity contribution in [3.05, 3.63) is 52.0 Å². The number of nitrogens with zero attached hydrogens (tertiary/aromatic N) is 3. The van der Waals surface area contributed by atoms with Crippen LogP contribution in [0.15, 0.2) is 30.6 Å². The number of hydrogen-bond acceptors (Lipinski definition) is 3. The summed E-state index contributed by atoms with van der Waals surface area (Å²) in [5, 5.41) is 4.73. The predicted octanol–water partition coefficient (Wildman–Crippen LogP) is 2.89. The number of aromatic nitrogens is 2. The summed E-state index contributed by atoms with van der Waals surface area (Å²) in [7, 11) is 4.12. The Balaban J connectivity index is 1.96. The van der Waals surface area contributed by atoms with E-state index >= 15 is 0 Å². The standard InChI is InChI=1S/C15H20Cl2N4/c1-20(2)7-5-18-10-15-19-6-8-21(15)11-12-3-4-13(16)9-14(12)17/h3-4,6,8-9,18H,5,7,10-11H2,1-2H3. The zero-order valence-electron chi connectivity index (χ0n) is 12.3. The van der Waals surface area contributed by atoms with Crippen LogP contribution in [0.5, 0.6) is 0 Å². The maximum Gasteiger partial charge on any atom is 0.122 e. The minimum absolute atomic E-state index is 0.653. The molecule has 21 heavy (non-hydrogen) atoms. The molecule has 0 aliphatic rings. The van der Waals surface area contributed by atoms with Gasteiger partial charge in [-0.25, -0.2) is 4.98 Å². The van der Waals surface area contributed by atoms with Crippen LogP contribution in [0, 0.1) is 0 Å². The van der Waals surface area contributed by atoms with Crippen LogP contribution in [-0.2, 0) is 13.1 Å². The molecular weight excluding hydrogens is 307 g/mol. The summed E-state index contributed by atoms with van der Waals surface area (Å²) in [6.45, 7) is 3.37. The van der Waals surface area contributed by atoms with Gasteiger partial charge in [-0.15, -0.1) is 0 Å². The van der Waals surface area contributed by atoms with Gasteiger partial charge in [0.1, 0.15) is 5.82 Å². The number of benzene rings is 1. The number of rotatable bonds is 7. The molecule has 0 atom stereocenters. The van der Waals surface area contributed by atoms with Crippen LogP contribution in [0.25, 0.3) is 0 Å². The first-order chi connectivity index (χ1) is 10.1. The number of hydrogen-bond donors (Lipinski definition) is 1. The van der Waals surface area contributed by atoms with Gasteiger partial charge in [-0.1, -0.05) is 29.3 Å². The van der Waals surface area contributed by atoms with E-state index in [-0.39, 0.29) is 0 Å². The van der Waals surface area contributed by atoms with Gasteiger partial charge in [-0.05, 0) is 31.8 Å². The first kappa shape index (κ1) is 16.3. The molecule has 0 radical (unpaired) electrons. The molecule has 0 aliphatic heterocycles. The third-order valence-electron chi connectivity index (χ3n) is 3.18. The molecule has 2 rings (SSSR count). The van der Waals surface area contributed by atoms with Crippen molar-refractivity contribution in [1.82, 2.24) is 19.8 Å². The molecule has 0 amide bonds. The Morgan fingerprint density at radius 3 is 2.81 bits per heavy atom. The molecule has 1 N–H and O–H groups in total. The number of halogens is 2. The topological polar surface area (TPSA) is 33.1 Å². The third-order valence-corrected chi connectivity index (χ3v) is 3.76. The van der Waals surface area contributed by atoms with Gasteiger partial charge in [0.05, 0.1) is 13.1 Å². The molecule has 0 saturated carbocycles. The lowest BCUT2D eigenvalue weighted by Gasteiger charge is -2.12. The molecule has 4 nitrogen and oxygen atoms in total. The van der Waals surface area contributed by atoms with E-state index in [1.54, 1.807) is 6.07 Å². The molecule has 6 heteroatoms. The van der Waals surface area contributed by atoms with Gasteiger partial charge >= 0.3 is 0 Å². The Kier molecular flexibility index (Phi) is 6.06. The number of imidazole rings is 1. The maximum absolute atomic E-state index is 6.22. The lowest BCUT2D eigenvalue weighted by molar-refractivity contribution is 0.398. The summed E-state index contributed by atoms with van der Waals surface area (Å²) in [5.41, 5.74) is 1.04. The predicted molar refractivity (Wildman–Crippen MR) is 88.1 cm³/mol. The number of nitrogens with one attached hydrogen (secondary N) is 1. The van der Waals surface area contributed by atoms with Gasteiger partial charge in [0.25, 0.3) is 0 Å². The van der Waals surface area contributed by atoms with Gasteiger partial charge in [-0.3, -0.25) is 0 Å². The van der Waals surface area contributed by atoms with Gasteiger partial charge in [-0.2, -0.15) is 0 Å². The maximum atomic E-state index is 6.22. The largest absolute Gasteiger partial charge is 0.329 e. The summed E-state index contributed by atoms with van der Waals surface area (Å²) in [5.74, 6) is 1.000. The molecule has 0 unspecified atom stereocenters. The molecule has 0 aliphatic carbocycles. The minimum Gasteiger partial charge on any atom is -0.329 e. The van der Waals surface area contributed by atoms with Crippen LogP contribution >= 0.6 is 23.2 Å². The summed E-state index contributed by atoms with van der Waals surface area (Å²) in [6.07, 6.45) is 3.78. The van der Waals surface area contributed by atoms with Crippen molar-refractivity contribution in [2.45, 2.75) is 13.1 Å². The fraction of sp³-hybridized carbons (Fsp3) is 0.400. The van der Waals surface area contributed by atoms with Crippen molar-refractivity contribution < 1.29 is 0 Å². The Labute approximate surface area is 135 Å². The van der Waals surface area contributed by atoms with Crippen molar-refractivity contribution in [2.75, 3.05) is 27.2 Å². The van der Waals surface area contributed by atoms with Gasteiger partial charge in [0.15, 0.2) is 0 Å². The smallest absolute Gasteiger partial charge is 0.122 e. The van der Waals surface area contributed by atoms with Crippen LogP contribution in [0.1, 0.15) is 11.4 Å². The van der Waals surface area contributed by atoms with E-state index in [2.05, 4.69) is 33.9 Å². The molecule has 0 spiro atoms. The normalized spacial score (nSPS) is 11.3. The summed E-state index contributed by atoms with van der Waals surface area (Å²) < 4.78 is 2.10. The second-order valence-electron chi connectivity index (χ2n) is 5.19. The zero-order valence-corrected chi connectivity index (χ0v) is 13.8. The van der Waals surface area contributed by atoms with E-state index in [1.807, 2.05) is 24.5 Å². The molecule has 1 heterocycles. The van der Waals surface area contributed by atoms with E-state index in [0.29, 0.717) is 16.6 Å². The fourth-order valence-corrected chi connectivity index (χ4v) is 2.46. The highest BCUT2D eigenvalue weighted by atomic mass is 35.5. The molecule has 0 saturated heterocycles. The lowest BCUT2D eigenvalue weighted by atomic mass is 10.2. The second-order valence-corrected chi connectivity index (χ2v) is 6.03. The highest BCUT2D eigenvalue weighted by molar-refractivity contribution is 6.35. The van der Waals surface area contributed by atoms with E-state index in [9.17, 15) is 0 Å². The first-order valence-corrected chi connectivity index (χ1v) is 7.61. The first-order valence-electron chi connectivity index (χ1n) is 6.85. The fourth-order valence-electron chi connectivity index (χ4n) is 1.99. The summed E-state index contributed by atoms with van der Waals surface area (Å²) >= 11 is 12.1. The summed E-state index contributed by atoms with van der Waals surface area (Å²) in [6, 6.07) is 5.58. The highest BCUT2D eigenvalue weighted by Crippen LogP contribution is 2.22. The Bertz CT molecular complexity index is 581. The average Bonchev–Trinajstić information content (AvgIpc) is 2.85. The summed E-state index contributed by atoms with van der Waals surface area (Å²) in [4.78, 5) is 6.54. The van der Waals surface area contributed by atoms with Crippen molar-refractivity contribution in [2.24, 2.45) is 0 Å². The van der Waals surface area contributed by atoms with E-state index in [4.69, 9.17) is 23.2 Å². The van der Waals surface area contributed by atoms with E-state index in [1.165, 1.54) is 0 Å². The van der Waals surface area contributed by atoms with Crippen LogP contribution < -0.4 is 5.32 Å². The van der Waals surface area contributed by atoms with Crippen molar-refractivity contribution >= 4 is 23.2 Å². The average molecular weight is 327 g/mol. The molecule has 1 aromatic carbocycles. The minimum atomic E-state index is 0.653. The highest BCUT2D eigenvalue weighted by Gasteiger charge is 2.06. The second kappa shape index (κ2) is 7.80. The molecular formula is C15H20Cl2N4. The monoisotopic (exact) mass is 326 g/mol. The Morgan fingerprint density at radius 1 is 1.29 bits per heavy atom. The Morgan fingerprint density at radius 2 is 2.10 bits per heavy atom. The van der Waals surface area contributed by atoms with Crippen LogP contribution in [0.3, 0.4) is 0 Å². The van der Waals surface area contributed by atoms with Crippen molar-refractivity contribution in [3.8, 4) is 0 Å². The molecule has 2 aromatic rings.